The third-order valence-corrected chi connectivity index (χ3v) is 7.90. The molecule has 1 amide bonds. The number of carbonyl (C=O) groups excluding carboxylic acids is 1. The first-order chi connectivity index (χ1) is 14.9. The van der Waals surface area contributed by atoms with Gasteiger partial charge in [0.05, 0.1) is 0 Å². The van der Waals surface area contributed by atoms with Crippen molar-refractivity contribution in [2.45, 2.75) is 30.4 Å². The second-order valence-corrected chi connectivity index (χ2v) is 10.5. The van der Waals surface area contributed by atoms with Crippen molar-refractivity contribution in [3.05, 3.63) is 64.4 Å². The fourth-order valence-electron chi connectivity index (χ4n) is 3.00. The number of thiophene rings is 1. The van der Waals surface area contributed by atoms with E-state index in [9.17, 15) is 13.2 Å². The van der Waals surface area contributed by atoms with Crippen molar-refractivity contribution in [1.82, 2.24) is 9.88 Å². The molecule has 2 aromatic heterocycles. The van der Waals surface area contributed by atoms with Crippen molar-refractivity contribution in [1.29, 1.82) is 0 Å². The van der Waals surface area contributed by atoms with Crippen LogP contribution in [0.5, 0.6) is 0 Å². The number of carbonyl (C=O) groups is 1. The van der Waals surface area contributed by atoms with Gasteiger partial charge in [-0.3, -0.25) is 4.79 Å². The fraction of sp³-hybridized carbons (Fsp3) is 0.273. The van der Waals surface area contributed by atoms with Crippen LogP contribution in [-0.4, -0.2) is 26.0 Å². The van der Waals surface area contributed by atoms with Gasteiger partial charge in [0.15, 0.2) is 5.76 Å². The van der Waals surface area contributed by atoms with Gasteiger partial charge in [-0.2, -0.15) is 0 Å². The molecule has 0 unspecified atom stereocenters. The van der Waals surface area contributed by atoms with E-state index in [4.69, 9.17) is 4.52 Å². The highest BCUT2D eigenvalue weighted by Gasteiger charge is 2.30. The fourth-order valence-corrected chi connectivity index (χ4v) is 5.30. The summed E-state index contributed by atoms with van der Waals surface area (Å²) in [6.07, 6.45) is 5.88. The third kappa shape index (κ3) is 5.49. The van der Waals surface area contributed by atoms with Gasteiger partial charge in [0.25, 0.3) is 0 Å². The zero-order valence-electron chi connectivity index (χ0n) is 17.0. The lowest BCUT2D eigenvalue weighted by Gasteiger charge is -2.04. The molecule has 3 aromatic rings. The highest BCUT2D eigenvalue weighted by Crippen LogP contribution is 2.32. The van der Waals surface area contributed by atoms with Gasteiger partial charge in [0.2, 0.25) is 15.9 Å². The largest absolute Gasteiger partial charge is 0.354 e. The SMILES string of the molecule is Cc1noc(C=Cc2ccc(S(=O)(=O)NCCc3ccccc3)s2)c1NC(=O)C1CC1. The molecule has 0 atom stereocenters. The summed E-state index contributed by atoms with van der Waals surface area (Å²) in [6.45, 7) is 2.09. The van der Waals surface area contributed by atoms with Gasteiger partial charge in [-0.1, -0.05) is 35.5 Å². The lowest BCUT2D eigenvalue weighted by atomic mass is 10.2. The molecule has 1 aliphatic carbocycles. The van der Waals surface area contributed by atoms with Crippen molar-refractivity contribution >= 4 is 45.1 Å². The number of amides is 1. The maximum absolute atomic E-state index is 12.6. The lowest BCUT2D eigenvalue weighted by molar-refractivity contribution is -0.117. The van der Waals surface area contributed by atoms with Crippen LogP contribution in [0.3, 0.4) is 0 Å². The number of hydrogen-bond donors (Lipinski definition) is 2. The summed E-state index contributed by atoms with van der Waals surface area (Å²) in [4.78, 5) is 12.8. The maximum Gasteiger partial charge on any atom is 0.250 e. The van der Waals surface area contributed by atoms with Crippen LogP contribution in [0.1, 0.15) is 34.7 Å². The molecule has 0 bridgehead atoms. The van der Waals surface area contributed by atoms with E-state index < -0.39 is 10.0 Å². The van der Waals surface area contributed by atoms with Crippen molar-refractivity contribution in [3.63, 3.8) is 0 Å². The van der Waals surface area contributed by atoms with Gasteiger partial charge in [0.1, 0.15) is 15.6 Å². The van der Waals surface area contributed by atoms with Crippen molar-refractivity contribution in [3.8, 4) is 0 Å². The van der Waals surface area contributed by atoms with E-state index in [1.165, 1.54) is 0 Å². The Labute approximate surface area is 185 Å². The van der Waals surface area contributed by atoms with Crippen LogP contribution in [0.2, 0.25) is 0 Å². The Morgan fingerprint density at radius 3 is 2.71 bits per heavy atom. The van der Waals surface area contributed by atoms with E-state index in [1.54, 1.807) is 31.2 Å². The average molecular weight is 458 g/mol. The molecule has 9 heteroatoms. The summed E-state index contributed by atoms with van der Waals surface area (Å²) in [7, 11) is -3.57. The number of aromatic nitrogens is 1. The number of benzene rings is 1. The minimum absolute atomic E-state index is 0.0213. The van der Waals surface area contributed by atoms with Gasteiger partial charge in [-0.05, 0) is 56.0 Å². The van der Waals surface area contributed by atoms with Gasteiger partial charge >= 0.3 is 0 Å². The van der Waals surface area contributed by atoms with Crippen LogP contribution in [0.4, 0.5) is 5.69 Å². The molecule has 0 spiro atoms. The molecule has 1 fully saturated rings. The van der Waals surface area contributed by atoms with Crippen LogP contribution >= 0.6 is 11.3 Å². The first-order valence-corrected chi connectivity index (χ1v) is 12.3. The van der Waals surface area contributed by atoms with Crippen LogP contribution in [-0.2, 0) is 21.2 Å². The molecular formula is C22H23N3O4S2. The molecule has 31 heavy (non-hydrogen) atoms. The number of hydrogen-bond acceptors (Lipinski definition) is 6. The van der Waals surface area contributed by atoms with E-state index in [1.807, 2.05) is 30.3 Å². The number of nitrogens with one attached hydrogen (secondary N) is 2. The zero-order chi connectivity index (χ0) is 21.8. The Hall–Kier alpha value is -2.75. The van der Waals surface area contributed by atoms with Gasteiger partial charge in [0, 0.05) is 17.3 Å². The maximum atomic E-state index is 12.6. The molecule has 0 saturated heterocycles. The first-order valence-electron chi connectivity index (χ1n) is 10.0. The van der Waals surface area contributed by atoms with Crippen LogP contribution in [0.15, 0.2) is 51.2 Å². The minimum Gasteiger partial charge on any atom is -0.354 e. The Morgan fingerprint density at radius 1 is 1.19 bits per heavy atom. The van der Waals surface area contributed by atoms with E-state index in [-0.39, 0.29) is 16.0 Å². The van der Waals surface area contributed by atoms with Gasteiger partial charge < -0.3 is 9.84 Å². The summed E-state index contributed by atoms with van der Waals surface area (Å²) in [5.41, 5.74) is 2.23. The van der Waals surface area contributed by atoms with Crippen molar-refractivity contribution in [2.24, 2.45) is 5.92 Å². The standard InChI is InChI=1S/C22H23N3O4S2/c1-15-21(24-22(26)17-7-8-17)19(29-25-15)11-9-18-10-12-20(30-18)31(27,28)23-14-13-16-5-3-2-4-6-16/h2-6,9-12,17,23H,7-8,13-14H2,1H3,(H,24,26). The number of nitrogens with zero attached hydrogens (tertiary/aromatic N) is 1. The third-order valence-electron chi connectivity index (χ3n) is 4.90. The summed E-state index contributed by atoms with van der Waals surface area (Å²) < 4.78 is 33.3. The van der Waals surface area contributed by atoms with E-state index in [0.717, 1.165) is 34.6 Å². The summed E-state index contributed by atoms with van der Waals surface area (Å²) in [5.74, 6) is 0.489. The van der Waals surface area contributed by atoms with E-state index in [2.05, 4.69) is 15.2 Å². The Balaban J connectivity index is 1.39. The molecule has 2 N–H and O–H groups in total. The average Bonchev–Trinajstić information content (AvgIpc) is 3.40. The Bertz CT molecular complexity index is 1190. The first kappa shape index (κ1) is 21.5. The molecule has 7 nitrogen and oxygen atoms in total. The topological polar surface area (TPSA) is 101 Å². The van der Waals surface area contributed by atoms with Crippen molar-refractivity contribution < 1.29 is 17.7 Å². The normalized spacial score (nSPS) is 14.2. The minimum atomic E-state index is -3.57. The van der Waals surface area contributed by atoms with Crippen LogP contribution in [0.25, 0.3) is 12.2 Å². The molecular weight excluding hydrogens is 434 g/mol. The Morgan fingerprint density at radius 2 is 1.97 bits per heavy atom. The summed E-state index contributed by atoms with van der Waals surface area (Å²) in [6, 6.07) is 13.0. The highest BCUT2D eigenvalue weighted by molar-refractivity contribution is 7.91. The van der Waals surface area contributed by atoms with Gasteiger partial charge in [-0.25, -0.2) is 13.1 Å². The lowest BCUT2D eigenvalue weighted by Crippen LogP contribution is -2.25. The van der Waals surface area contributed by atoms with Crippen molar-refractivity contribution in [2.75, 3.05) is 11.9 Å². The van der Waals surface area contributed by atoms with E-state index in [0.29, 0.717) is 30.1 Å². The Kier molecular flexibility index (Phi) is 6.35. The molecule has 0 aliphatic heterocycles. The zero-order valence-corrected chi connectivity index (χ0v) is 18.6. The predicted molar refractivity (Wildman–Crippen MR) is 121 cm³/mol. The van der Waals surface area contributed by atoms with Crippen LogP contribution < -0.4 is 10.0 Å². The molecule has 162 valence electrons. The molecule has 1 aromatic carbocycles. The summed E-state index contributed by atoms with van der Waals surface area (Å²) >= 11 is 1.16. The quantitative estimate of drug-likeness (QED) is 0.504. The molecule has 2 heterocycles. The predicted octanol–water partition coefficient (Wildman–Crippen LogP) is 4.08. The van der Waals surface area contributed by atoms with Gasteiger partial charge in [-0.15, -0.1) is 11.3 Å². The van der Waals surface area contributed by atoms with Crippen LogP contribution in [0, 0.1) is 12.8 Å². The molecule has 1 aliphatic rings. The number of anilines is 1. The monoisotopic (exact) mass is 457 g/mol. The highest BCUT2D eigenvalue weighted by atomic mass is 32.2. The second kappa shape index (κ2) is 9.17. The summed E-state index contributed by atoms with van der Waals surface area (Å²) in [5, 5.41) is 6.80. The molecule has 1 saturated carbocycles. The van der Waals surface area contributed by atoms with E-state index >= 15 is 0 Å². The molecule has 4 rings (SSSR count). The number of rotatable bonds is 9. The second-order valence-electron chi connectivity index (χ2n) is 7.39. The smallest absolute Gasteiger partial charge is 0.250 e. The number of aryl methyl sites for hydroxylation is 1. The molecule has 0 radical (unpaired) electrons. The number of sulfonamides is 1.